The molecule has 6 heteroatoms. The Labute approximate surface area is 118 Å². The molecule has 110 valence electrons. The quantitative estimate of drug-likeness (QED) is 0.764. The smallest absolute Gasteiger partial charge is 0.265 e. The van der Waals surface area contributed by atoms with Crippen LogP contribution >= 0.6 is 0 Å². The van der Waals surface area contributed by atoms with Crippen LogP contribution in [0.2, 0.25) is 0 Å². The highest BCUT2D eigenvalue weighted by molar-refractivity contribution is 5.95. The minimum absolute atomic E-state index is 0.0378. The molecular weight excluding hydrogens is 258 g/mol. The number of amides is 2. The van der Waals surface area contributed by atoms with E-state index in [9.17, 15) is 9.59 Å². The summed E-state index contributed by atoms with van der Waals surface area (Å²) in [5.74, 6) is -0.0209. The number of carbonyl (C=O) groups is 2. The third kappa shape index (κ3) is 4.09. The van der Waals surface area contributed by atoms with E-state index >= 15 is 0 Å². The van der Waals surface area contributed by atoms with Crippen LogP contribution in [0.3, 0.4) is 0 Å². The lowest BCUT2D eigenvalue weighted by Crippen LogP contribution is -2.26. The molecule has 0 spiro atoms. The van der Waals surface area contributed by atoms with Gasteiger partial charge in [0, 0.05) is 6.20 Å². The number of nitrogens with two attached hydrogens (primary N) is 1. The highest BCUT2D eigenvalue weighted by Crippen LogP contribution is 2.25. The van der Waals surface area contributed by atoms with Crippen molar-refractivity contribution in [3.05, 3.63) is 18.0 Å². The van der Waals surface area contributed by atoms with Crippen molar-refractivity contribution in [1.82, 2.24) is 4.98 Å². The van der Waals surface area contributed by atoms with Gasteiger partial charge in [-0.1, -0.05) is 6.92 Å². The van der Waals surface area contributed by atoms with Gasteiger partial charge in [0.05, 0.1) is 11.8 Å². The van der Waals surface area contributed by atoms with E-state index < -0.39 is 5.91 Å². The lowest BCUT2D eigenvalue weighted by Gasteiger charge is -2.25. The molecular formula is C14H21N3O3. The Hall–Kier alpha value is -1.82. The predicted molar refractivity (Wildman–Crippen MR) is 75.3 cm³/mol. The van der Waals surface area contributed by atoms with E-state index in [4.69, 9.17) is 10.5 Å². The summed E-state index contributed by atoms with van der Waals surface area (Å²) in [6.07, 6.45) is 6.07. The van der Waals surface area contributed by atoms with Gasteiger partial charge in [-0.05, 0) is 37.7 Å². The SMILES string of the molecule is CC1CCC(OCC(=O)Nc2c[nH]c(C(N)=O)c2)CC1. The fourth-order valence-corrected chi connectivity index (χ4v) is 2.40. The Morgan fingerprint density at radius 3 is 2.70 bits per heavy atom. The molecule has 1 aliphatic carbocycles. The maximum Gasteiger partial charge on any atom is 0.265 e. The molecule has 1 aromatic heterocycles. The van der Waals surface area contributed by atoms with E-state index in [0.717, 1.165) is 31.6 Å². The molecule has 1 fully saturated rings. The summed E-state index contributed by atoms with van der Waals surface area (Å²) >= 11 is 0. The van der Waals surface area contributed by atoms with Gasteiger partial charge in [0.25, 0.3) is 5.91 Å². The van der Waals surface area contributed by atoms with Crippen molar-refractivity contribution in [3.8, 4) is 0 Å². The summed E-state index contributed by atoms with van der Waals surface area (Å²) in [4.78, 5) is 25.3. The van der Waals surface area contributed by atoms with Gasteiger partial charge in [0.15, 0.2) is 0 Å². The van der Waals surface area contributed by atoms with E-state index in [1.165, 1.54) is 12.3 Å². The molecule has 2 rings (SSSR count). The van der Waals surface area contributed by atoms with Crippen molar-refractivity contribution < 1.29 is 14.3 Å². The lowest BCUT2D eigenvalue weighted by molar-refractivity contribution is -0.123. The van der Waals surface area contributed by atoms with Gasteiger partial charge in [-0.3, -0.25) is 9.59 Å². The van der Waals surface area contributed by atoms with Crippen molar-refractivity contribution in [2.24, 2.45) is 11.7 Å². The topological polar surface area (TPSA) is 97.2 Å². The molecule has 0 atom stereocenters. The standard InChI is InChI=1S/C14H21N3O3/c1-9-2-4-11(5-3-9)20-8-13(18)17-10-6-12(14(15)19)16-7-10/h6-7,9,11,16H,2-5,8H2,1H3,(H2,15,19)(H,17,18). The van der Waals surface area contributed by atoms with Crippen molar-refractivity contribution in [1.29, 1.82) is 0 Å². The molecule has 0 aromatic carbocycles. The number of ether oxygens (including phenoxy) is 1. The van der Waals surface area contributed by atoms with Gasteiger partial charge < -0.3 is 20.8 Å². The first-order valence-corrected chi connectivity index (χ1v) is 6.94. The number of hydrogen-bond acceptors (Lipinski definition) is 3. The number of nitrogens with one attached hydrogen (secondary N) is 2. The van der Waals surface area contributed by atoms with Crippen LogP contribution in [0.15, 0.2) is 12.3 Å². The first kappa shape index (κ1) is 14.6. The van der Waals surface area contributed by atoms with E-state index in [1.54, 1.807) is 0 Å². The molecule has 0 bridgehead atoms. The number of primary amides is 1. The summed E-state index contributed by atoms with van der Waals surface area (Å²) in [7, 11) is 0. The number of hydrogen-bond donors (Lipinski definition) is 3. The third-order valence-corrected chi connectivity index (χ3v) is 3.65. The first-order valence-electron chi connectivity index (χ1n) is 6.94. The van der Waals surface area contributed by atoms with Crippen LogP contribution in [0.4, 0.5) is 5.69 Å². The maximum absolute atomic E-state index is 11.7. The number of carbonyl (C=O) groups excluding carboxylic acids is 2. The van der Waals surface area contributed by atoms with Gasteiger partial charge >= 0.3 is 0 Å². The molecule has 0 radical (unpaired) electrons. The molecule has 20 heavy (non-hydrogen) atoms. The fourth-order valence-electron chi connectivity index (χ4n) is 2.40. The second kappa shape index (κ2) is 6.56. The van der Waals surface area contributed by atoms with E-state index in [1.807, 2.05) is 0 Å². The van der Waals surface area contributed by atoms with E-state index in [-0.39, 0.29) is 24.3 Å². The number of aromatic amines is 1. The second-order valence-corrected chi connectivity index (χ2v) is 5.41. The zero-order valence-electron chi connectivity index (χ0n) is 11.6. The normalized spacial score (nSPS) is 22.4. The summed E-state index contributed by atoms with van der Waals surface area (Å²) in [6.45, 7) is 2.28. The molecule has 4 N–H and O–H groups in total. The molecule has 1 saturated carbocycles. The summed E-state index contributed by atoms with van der Waals surface area (Å²) < 4.78 is 5.61. The number of rotatable bonds is 5. The number of anilines is 1. The van der Waals surface area contributed by atoms with Gasteiger partial charge in [-0.2, -0.15) is 0 Å². The van der Waals surface area contributed by atoms with Crippen LogP contribution in [0.5, 0.6) is 0 Å². The Bertz CT molecular complexity index is 476. The third-order valence-electron chi connectivity index (χ3n) is 3.65. The Morgan fingerprint density at radius 1 is 1.40 bits per heavy atom. The van der Waals surface area contributed by atoms with Gasteiger partial charge in [0.1, 0.15) is 12.3 Å². The predicted octanol–water partition coefficient (Wildman–Crippen LogP) is 1.65. The molecule has 2 amide bonds. The van der Waals surface area contributed by atoms with Gasteiger partial charge in [-0.15, -0.1) is 0 Å². The van der Waals surface area contributed by atoms with Crippen LogP contribution in [-0.2, 0) is 9.53 Å². The molecule has 0 aliphatic heterocycles. The molecule has 1 aromatic rings. The van der Waals surface area contributed by atoms with Crippen LogP contribution in [0, 0.1) is 5.92 Å². The average Bonchev–Trinajstić information content (AvgIpc) is 2.87. The van der Waals surface area contributed by atoms with Crippen LogP contribution in [0.1, 0.15) is 43.1 Å². The molecule has 1 heterocycles. The number of H-pyrrole nitrogens is 1. The maximum atomic E-state index is 11.7. The molecule has 0 saturated heterocycles. The summed E-state index contributed by atoms with van der Waals surface area (Å²) in [5, 5.41) is 2.66. The van der Waals surface area contributed by atoms with Crippen molar-refractivity contribution in [3.63, 3.8) is 0 Å². The molecule has 0 unspecified atom stereocenters. The first-order chi connectivity index (χ1) is 9.54. The van der Waals surface area contributed by atoms with Gasteiger partial charge in [0.2, 0.25) is 5.91 Å². The molecule has 1 aliphatic rings. The molecule has 6 nitrogen and oxygen atoms in total. The van der Waals surface area contributed by atoms with Crippen LogP contribution < -0.4 is 11.1 Å². The van der Waals surface area contributed by atoms with Crippen LogP contribution in [0.25, 0.3) is 0 Å². The van der Waals surface area contributed by atoms with Crippen LogP contribution in [-0.4, -0.2) is 29.5 Å². The summed E-state index contributed by atoms with van der Waals surface area (Å²) in [6, 6.07) is 1.50. The van der Waals surface area contributed by atoms with Crippen molar-refractivity contribution in [2.75, 3.05) is 11.9 Å². The fraction of sp³-hybridized carbons (Fsp3) is 0.571. The van der Waals surface area contributed by atoms with Gasteiger partial charge in [-0.25, -0.2) is 0 Å². The minimum Gasteiger partial charge on any atom is -0.368 e. The number of aromatic nitrogens is 1. The van der Waals surface area contributed by atoms with E-state index in [0.29, 0.717) is 5.69 Å². The zero-order valence-corrected chi connectivity index (χ0v) is 11.6. The second-order valence-electron chi connectivity index (χ2n) is 5.41. The Morgan fingerprint density at radius 2 is 2.10 bits per heavy atom. The Kier molecular flexibility index (Phi) is 4.79. The summed E-state index contributed by atoms with van der Waals surface area (Å²) in [5.41, 5.74) is 5.90. The minimum atomic E-state index is -0.557. The Balaban J connectivity index is 1.73. The monoisotopic (exact) mass is 279 g/mol. The van der Waals surface area contributed by atoms with Crippen molar-refractivity contribution in [2.45, 2.75) is 38.7 Å². The van der Waals surface area contributed by atoms with E-state index in [2.05, 4.69) is 17.2 Å². The highest BCUT2D eigenvalue weighted by Gasteiger charge is 2.19. The average molecular weight is 279 g/mol. The zero-order chi connectivity index (χ0) is 14.5. The lowest BCUT2D eigenvalue weighted by atomic mass is 9.89. The van der Waals surface area contributed by atoms with Crippen molar-refractivity contribution >= 4 is 17.5 Å². The largest absolute Gasteiger partial charge is 0.368 e. The highest BCUT2D eigenvalue weighted by atomic mass is 16.5.